The van der Waals surface area contributed by atoms with Crippen molar-refractivity contribution in [1.29, 1.82) is 0 Å². The molecule has 0 spiro atoms. The number of amides is 1. The van der Waals surface area contributed by atoms with Gasteiger partial charge in [-0.25, -0.2) is 0 Å². The fraction of sp³-hybridized carbons (Fsp3) is 0.348. The minimum atomic E-state index is -4.60. The van der Waals surface area contributed by atoms with Gasteiger partial charge in [-0.05, 0) is 56.0 Å². The van der Waals surface area contributed by atoms with E-state index in [0.29, 0.717) is 18.5 Å². The van der Waals surface area contributed by atoms with Crippen molar-refractivity contribution in [2.24, 2.45) is 11.1 Å². The average molecular weight is 430 g/mol. The van der Waals surface area contributed by atoms with Crippen molar-refractivity contribution in [3.63, 3.8) is 0 Å². The highest BCUT2D eigenvalue weighted by atomic mass is 19.4. The lowest BCUT2D eigenvalue weighted by molar-refractivity contribution is -0.153. The van der Waals surface area contributed by atoms with Gasteiger partial charge in [-0.2, -0.15) is 13.2 Å². The van der Waals surface area contributed by atoms with E-state index >= 15 is 0 Å². The molecule has 1 aliphatic carbocycles. The smallest absolute Gasteiger partial charge is 0.370 e. The molecule has 1 unspecified atom stereocenters. The Kier molecular flexibility index (Phi) is 5.11. The largest absolute Gasteiger partial charge is 0.417 e. The van der Waals surface area contributed by atoms with Crippen LogP contribution in [0.4, 0.5) is 18.9 Å². The normalized spacial score (nSPS) is 20.7. The number of rotatable bonds is 5. The summed E-state index contributed by atoms with van der Waals surface area (Å²) in [7, 11) is 0. The lowest BCUT2D eigenvalue weighted by Crippen LogP contribution is -2.51. The molecule has 1 aliphatic heterocycles. The Hall–Kier alpha value is -3.16. The van der Waals surface area contributed by atoms with E-state index in [1.165, 1.54) is 18.2 Å². The zero-order valence-corrected chi connectivity index (χ0v) is 17.0. The third-order valence-electron chi connectivity index (χ3n) is 5.46. The topological polar surface area (TPSA) is 67.8 Å². The number of anilines is 1. The number of nitrogens with one attached hydrogen (secondary N) is 1. The summed E-state index contributed by atoms with van der Waals surface area (Å²) in [6.07, 6.45) is -3.72. The Morgan fingerprint density at radius 1 is 1.10 bits per heavy atom. The van der Waals surface area contributed by atoms with Crippen LogP contribution in [0.15, 0.2) is 47.6 Å². The number of halogens is 3. The molecule has 2 aliphatic rings. The molecule has 0 radical (unpaired) electrons. The first-order valence-corrected chi connectivity index (χ1v) is 9.96. The maximum atomic E-state index is 13.5. The van der Waals surface area contributed by atoms with Gasteiger partial charge in [-0.3, -0.25) is 9.59 Å². The van der Waals surface area contributed by atoms with E-state index in [4.69, 9.17) is 4.84 Å². The maximum absolute atomic E-state index is 13.5. The van der Waals surface area contributed by atoms with E-state index < -0.39 is 29.0 Å². The molecule has 2 aromatic carbocycles. The maximum Gasteiger partial charge on any atom is 0.417 e. The van der Waals surface area contributed by atoms with E-state index in [1.54, 1.807) is 12.1 Å². The monoisotopic (exact) mass is 430 g/mol. The van der Waals surface area contributed by atoms with Gasteiger partial charge in [0.25, 0.3) is 11.5 Å². The second-order valence-electron chi connectivity index (χ2n) is 8.15. The van der Waals surface area contributed by atoms with Gasteiger partial charge in [0.2, 0.25) is 0 Å². The van der Waals surface area contributed by atoms with E-state index in [0.717, 1.165) is 17.2 Å². The fourth-order valence-electron chi connectivity index (χ4n) is 3.88. The number of hydrogen-bond donors (Lipinski definition) is 1. The third kappa shape index (κ3) is 4.06. The van der Waals surface area contributed by atoms with Gasteiger partial charge in [0.05, 0.1) is 17.7 Å². The van der Waals surface area contributed by atoms with Gasteiger partial charge in [-0.1, -0.05) is 29.4 Å². The van der Waals surface area contributed by atoms with Crippen molar-refractivity contribution in [1.82, 2.24) is 0 Å². The van der Waals surface area contributed by atoms with Crippen molar-refractivity contribution in [2.45, 2.75) is 44.9 Å². The Morgan fingerprint density at radius 2 is 1.74 bits per heavy atom. The van der Waals surface area contributed by atoms with Crippen LogP contribution < -0.4 is 5.32 Å². The Labute approximate surface area is 177 Å². The van der Waals surface area contributed by atoms with Crippen LogP contribution in [0.2, 0.25) is 0 Å². The predicted octanol–water partition coefficient (Wildman–Crippen LogP) is 4.80. The van der Waals surface area contributed by atoms with Crippen LogP contribution in [-0.2, 0) is 20.6 Å². The lowest BCUT2D eigenvalue weighted by Gasteiger charge is -2.24. The molecule has 31 heavy (non-hydrogen) atoms. The van der Waals surface area contributed by atoms with Crippen molar-refractivity contribution >= 4 is 23.1 Å². The molecule has 1 N–H and O–H groups in total. The molecule has 162 valence electrons. The molecule has 0 bridgehead atoms. The molecule has 5 nitrogen and oxygen atoms in total. The van der Waals surface area contributed by atoms with Gasteiger partial charge < -0.3 is 10.2 Å². The molecule has 0 aromatic heterocycles. The minimum absolute atomic E-state index is 0.0718. The summed E-state index contributed by atoms with van der Waals surface area (Å²) < 4.78 is 40.4. The molecule has 1 fully saturated rings. The Bertz CT molecular complexity index is 1070. The number of Topliss-reactive ketones (excluding diaryl/α,β-unsaturated/α-hetero) is 1. The summed E-state index contributed by atoms with van der Waals surface area (Å²) >= 11 is 0. The van der Waals surface area contributed by atoms with Gasteiger partial charge in [-0.15, -0.1) is 0 Å². The van der Waals surface area contributed by atoms with E-state index in [2.05, 4.69) is 10.5 Å². The standard InChI is InChI=1S/C23H21F3N2O3/c1-13-9-14(2)11-16(10-13)27-21(30)22(20(29)15-7-8-15)12-19(28-31-22)17-5-3-4-6-18(17)23(24,25)26/h3-6,9-11,15H,7-8,12H2,1-2H3,(H,27,30). The van der Waals surface area contributed by atoms with Gasteiger partial charge >= 0.3 is 6.18 Å². The van der Waals surface area contributed by atoms with Gasteiger partial charge in [0.1, 0.15) is 0 Å². The molecular formula is C23H21F3N2O3. The number of alkyl halides is 3. The number of ketones is 1. The SMILES string of the molecule is Cc1cc(C)cc(NC(=O)C2(C(=O)C3CC3)CC(c3ccccc3C(F)(F)F)=NO2)c1. The number of benzene rings is 2. The molecule has 8 heteroatoms. The van der Waals surface area contributed by atoms with Crippen LogP contribution in [0.25, 0.3) is 0 Å². The highest BCUT2D eigenvalue weighted by Crippen LogP contribution is 2.41. The lowest BCUT2D eigenvalue weighted by atomic mass is 9.86. The molecule has 1 saturated carbocycles. The third-order valence-corrected chi connectivity index (χ3v) is 5.46. The second-order valence-corrected chi connectivity index (χ2v) is 8.15. The van der Waals surface area contributed by atoms with Crippen molar-refractivity contribution < 1.29 is 27.6 Å². The van der Waals surface area contributed by atoms with Crippen LogP contribution in [0.5, 0.6) is 0 Å². The molecule has 4 rings (SSSR count). The number of hydrogen-bond acceptors (Lipinski definition) is 4. The summed E-state index contributed by atoms with van der Waals surface area (Å²) in [4.78, 5) is 31.7. The zero-order valence-electron chi connectivity index (χ0n) is 17.0. The summed E-state index contributed by atoms with van der Waals surface area (Å²) in [5.74, 6) is -1.52. The van der Waals surface area contributed by atoms with Crippen LogP contribution in [-0.4, -0.2) is 23.0 Å². The van der Waals surface area contributed by atoms with Gasteiger partial charge in [0, 0.05) is 17.2 Å². The Morgan fingerprint density at radius 3 is 2.35 bits per heavy atom. The highest BCUT2D eigenvalue weighted by Gasteiger charge is 2.57. The quantitative estimate of drug-likeness (QED) is 0.693. The highest BCUT2D eigenvalue weighted by molar-refractivity contribution is 6.21. The zero-order chi connectivity index (χ0) is 22.4. The van der Waals surface area contributed by atoms with E-state index in [1.807, 2.05) is 19.9 Å². The molecule has 1 amide bonds. The van der Waals surface area contributed by atoms with Crippen LogP contribution in [0.3, 0.4) is 0 Å². The first-order valence-electron chi connectivity index (χ1n) is 9.96. The number of carbonyl (C=O) groups is 2. The minimum Gasteiger partial charge on any atom is -0.370 e. The molecule has 1 atom stereocenters. The fourth-order valence-corrected chi connectivity index (χ4v) is 3.88. The summed E-state index contributed by atoms with van der Waals surface area (Å²) in [6, 6.07) is 10.4. The van der Waals surface area contributed by atoms with Crippen molar-refractivity contribution in [2.75, 3.05) is 5.32 Å². The van der Waals surface area contributed by atoms with E-state index in [-0.39, 0.29) is 23.6 Å². The average Bonchev–Trinajstić information content (AvgIpc) is 3.44. The number of nitrogens with zero attached hydrogens (tertiary/aromatic N) is 1. The van der Waals surface area contributed by atoms with Crippen LogP contribution in [0, 0.1) is 19.8 Å². The number of aryl methyl sites for hydroxylation is 2. The number of oxime groups is 1. The summed E-state index contributed by atoms with van der Waals surface area (Å²) in [5.41, 5.74) is -0.813. The molecular weight excluding hydrogens is 409 g/mol. The summed E-state index contributed by atoms with van der Waals surface area (Å²) in [5, 5.41) is 6.50. The van der Waals surface area contributed by atoms with Crippen LogP contribution in [0.1, 0.15) is 41.5 Å². The molecule has 0 saturated heterocycles. The second kappa shape index (κ2) is 7.51. The summed E-state index contributed by atoms with van der Waals surface area (Å²) in [6.45, 7) is 3.74. The van der Waals surface area contributed by atoms with Crippen molar-refractivity contribution in [3.8, 4) is 0 Å². The Balaban J connectivity index is 1.67. The first-order chi connectivity index (χ1) is 14.6. The number of carbonyl (C=O) groups excluding carboxylic acids is 2. The van der Waals surface area contributed by atoms with Crippen LogP contribution >= 0.6 is 0 Å². The molecule has 2 aromatic rings. The first kappa shape index (κ1) is 21.1. The van der Waals surface area contributed by atoms with Gasteiger partial charge in [0.15, 0.2) is 5.78 Å². The predicted molar refractivity (Wildman–Crippen MR) is 109 cm³/mol. The van der Waals surface area contributed by atoms with E-state index in [9.17, 15) is 22.8 Å². The molecule has 1 heterocycles. The van der Waals surface area contributed by atoms with Crippen molar-refractivity contribution in [3.05, 3.63) is 64.7 Å².